The molecule has 102 valence electrons. The van der Waals surface area contributed by atoms with Gasteiger partial charge in [-0.05, 0) is 25.5 Å². The van der Waals surface area contributed by atoms with Crippen LogP contribution in [0.5, 0.6) is 0 Å². The molecule has 1 aromatic rings. The van der Waals surface area contributed by atoms with Crippen LogP contribution < -0.4 is 5.32 Å². The molecule has 0 aliphatic heterocycles. The van der Waals surface area contributed by atoms with Crippen molar-refractivity contribution in [1.82, 2.24) is 5.32 Å². The minimum Gasteiger partial charge on any atom is -0.310 e. The number of nitrogens with one attached hydrogen (secondary N) is 1. The highest BCUT2D eigenvalue weighted by molar-refractivity contribution is 5.23. The fourth-order valence-corrected chi connectivity index (χ4v) is 1.90. The van der Waals surface area contributed by atoms with Gasteiger partial charge in [-0.1, -0.05) is 32.8 Å². The second-order valence-corrected chi connectivity index (χ2v) is 4.41. The summed E-state index contributed by atoms with van der Waals surface area (Å²) in [6.45, 7) is 4.77. The third kappa shape index (κ3) is 3.73. The summed E-state index contributed by atoms with van der Waals surface area (Å²) in [5.74, 6) is -3.59. The summed E-state index contributed by atoms with van der Waals surface area (Å²) in [6, 6.07) is 2.07. The van der Waals surface area contributed by atoms with Crippen LogP contribution in [0.1, 0.15) is 51.1 Å². The normalized spacial score (nSPS) is 12.7. The lowest BCUT2D eigenvalue weighted by Gasteiger charge is -2.19. The molecular weight excluding hydrogens is 239 g/mol. The third-order valence-corrected chi connectivity index (χ3v) is 2.93. The Morgan fingerprint density at radius 2 is 1.78 bits per heavy atom. The molecule has 0 aromatic heterocycles. The van der Waals surface area contributed by atoms with Gasteiger partial charge in [0.05, 0.1) is 0 Å². The van der Waals surface area contributed by atoms with Gasteiger partial charge in [0.15, 0.2) is 17.5 Å². The van der Waals surface area contributed by atoms with E-state index in [1.165, 1.54) is 6.07 Å². The predicted molar refractivity (Wildman–Crippen MR) is 66.9 cm³/mol. The zero-order chi connectivity index (χ0) is 13.5. The molecule has 1 nitrogen and oxygen atoms in total. The molecule has 0 aliphatic rings. The van der Waals surface area contributed by atoms with Crippen molar-refractivity contribution in [3.05, 3.63) is 35.1 Å². The molecule has 0 fully saturated rings. The molecule has 0 saturated heterocycles. The van der Waals surface area contributed by atoms with Crippen molar-refractivity contribution in [2.75, 3.05) is 6.54 Å². The van der Waals surface area contributed by atoms with Gasteiger partial charge in [0, 0.05) is 11.6 Å². The monoisotopic (exact) mass is 259 g/mol. The summed E-state index contributed by atoms with van der Waals surface area (Å²) in [5.41, 5.74) is 0.218. The quantitative estimate of drug-likeness (QED) is 0.718. The lowest BCUT2D eigenvalue weighted by molar-refractivity contribution is 0.413. The Morgan fingerprint density at radius 3 is 2.39 bits per heavy atom. The first-order valence-electron chi connectivity index (χ1n) is 6.48. The smallest absolute Gasteiger partial charge is 0.194 e. The van der Waals surface area contributed by atoms with Gasteiger partial charge in [0.1, 0.15) is 0 Å². The van der Waals surface area contributed by atoms with Crippen molar-refractivity contribution in [3.8, 4) is 0 Å². The second kappa shape index (κ2) is 7.41. The molecule has 1 aromatic carbocycles. The molecule has 0 saturated carbocycles. The second-order valence-electron chi connectivity index (χ2n) is 4.41. The van der Waals surface area contributed by atoms with Gasteiger partial charge < -0.3 is 5.32 Å². The fraction of sp³-hybridized carbons (Fsp3) is 0.571. The Bertz CT molecular complexity index is 372. The first-order valence-corrected chi connectivity index (χ1v) is 6.48. The summed E-state index contributed by atoms with van der Waals surface area (Å²) in [6.07, 6.45) is 3.53. The van der Waals surface area contributed by atoms with Crippen LogP contribution in [0, 0.1) is 17.5 Å². The van der Waals surface area contributed by atoms with E-state index in [2.05, 4.69) is 5.32 Å². The van der Waals surface area contributed by atoms with Gasteiger partial charge in [0.25, 0.3) is 0 Å². The van der Waals surface area contributed by atoms with Crippen LogP contribution in [0.3, 0.4) is 0 Å². The molecule has 0 bridgehead atoms. The molecule has 0 heterocycles. The Labute approximate surface area is 106 Å². The number of benzene rings is 1. The molecule has 18 heavy (non-hydrogen) atoms. The van der Waals surface area contributed by atoms with Crippen molar-refractivity contribution >= 4 is 0 Å². The van der Waals surface area contributed by atoms with Crippen molar-refractivity contribution in [3.63, 3.8) is 0 Å². The minimum atomic E-state index is -1.38. The molecular formula is C14H20F3N. The van der Waals surface area contributed by atoms with Gasteiger partial charge in [-0.15, -0.1) is 0 Å². The number of hydrogen-bond donors (Lipinski definition) is 1. The number of rotatable bonds is 7. The van der Waals surface area contributed by atoms with E-state index in [-0.39, 0.29) is 11.6 Å². The van der Waals surface area contributed by atoms with Crippen LogP contribution in [0.25, 0.3) is 0 Å². The molecule has 1 N–H and O–H groups in total. The zero-order valence-corrected chi connectivity index (χ0v) is 10.9. The SMILES string of the molecule is CCCCC(NCCC)c1ccc(F)c(F)c1F. The average molecular weight is 259 g/mol. The highest BCUT2D eigenvalue weighted by Gasteiger charge is 2.19. The van der Waals surface area contributed by atoms with Crippen LogP contribution in [0.15, 0.2) is 12.1 Å². The summed E-state index contributed by atoms with van der Waals surface area (Å²) in [4.78, 5) is 0. The topological polar surface area (TPSA) is 12.0 Å². The van der Waals surface area contributed by atoms with Crippen LogP contribution in [-0.2, 0) is 0 Å². The third-order valence-electron chi connectivity index (χ3n) is 2.93. The van der Waals surface area contributed by atoms with Gasteiger partial charge in [-0.3, -0.25) is 0 Å². The van der Waals surface area contributed by atoms with E-state index in [1.807, 2.05) is 13.8 Å². The Hall–Kier alpha value is -1.03. The standard InChI is InChI=1S/C14H20F3N/c1-3-5-6-12(18-9-4-2)10-7-8-11(15)14(17)13(10)16/h7-8,12,18H,3-6,9H2,1-2H3. The average Bonchev–Trinajstić information content (AvgIpc) is 2.37. The van der Waals surface area contributed by atoms with Crippen molar-refractivity contribution in [1.29, 1.82) is 0 Å². The van der Waals surface area contributed by atoms with Crippen molar-refractivity contribution in [2.24, 2.45) is 0 Å². The number of hydrogen-bond acceptors (Lipinski definition) is 1. The molecule has 1 unspecified atom stereocenters. The zero-order valence-electron chi connectivity index (χ0n) is 10.9. The summed E-state index contributed by atoms with van der Waals surface area (Å²) in [7, 11) is 0. The maximum Gasteiger partial charge on any atom is 0.194 e. The largest absolute Gasteiger partial charge is 0.310 e. The first kappa shape index (κ1) is 15.0. The molecule has 1 rings (SSSR count). The summed E-state index contributed by atoms with van der Waals surface area (Å²) in [5, 5.41) is 3.18. The lowest BCUT2D eigenvalue weighted by atomic mass is 10.00. The highest BCUT2D eigenvalue weighted by Crippen LogP contribution is 2.25. The van der Waals surface area contributed by atoms with Gasteiger partial charge >= 0.3 is 0 Å². The maximum absolute atomic E-state index is 13.7. The van der Waals surface area contributed by atoms with Crippen LogP contribution >= 0.6 is 0 Å². The fourth-order valence-electron chi connectivity index (χ4n) is 1.90. The molecule has 4 heteroatoms. The Morgan fingerprint density at radius 1 is 1.06 bits per heavy atom. The van der Waals surface area contributed by atoms with E-state index in [0.717, 1.165) is 38.3 Å². The minimum absolute atomic E-state index is 0.218. The van der Waals surface area contributed by atoms with Crippen molar-refractivity contribution in [2.45, 2.75) is 45.6 Å². The van der Waals surface area contributed by atoms with Crippen LogP contribution in [0.2, 0.25) is 0 Å². The van der Waals surface area contributed by atoms with Crippen molar-refractivity contribution < 1.29 is 13.2 Å². The molecule has 0 radical (unpaired) electrons. The molecule has 0 spiro atoms. The summed E-state index contributed by atoms with van der Waals surface area (Å²) < 4.78 is 39.8. The lowest BCUT2D eigenvalue weighted by Crippen LogP contribution is -2.23. The summed E-state index contributed by atoms with van der Waals surface area (Å²) >= 11 is 0. The number of halogens is 3. The van der Waals surface area contributed by atoms with E-state index in [4.69, 9.17) is 0 Å². The van der Waals surface area contributed by atoms with Gasteiger partial charge in [-0.25, -0.2) is 13.2 Å². The van der Waals surface area contributed by atoms with E-state index < -0.39 is 17.5 Å². The molecule has 1 atom stereocenters. The number of unbranched alkanes of at least 4 members (excludes halogenated alkanes) is 1. The van der Waals surface area contributed by atoms with Gasteiger partial charge in [-0.2, -0.15) is 0 Å². The van der Waals surface area contributed by atoms with E-state index in [9.17, 15) is 13.2 Å². The maximum atomic E-state index is 13.7. The highest BCUT2D eigenvalue weighted by atomic mass is 19.2. The predicted octanol–water partition coefficient (Wildman–Crippen LogP) is 4.33. The first-order chi connectivity index (χ1) is 8.61. The van der Waals surface area contributed by atoms with E-state index >= 15 is 0 Å². The van der Waals surface area contributed by atoms with Crippen LogP contribution in [0.4, 0.5) is 13.2 Å². The van der Waals surface area contributed by atoms with E-state index in [1.54, 1.807) is 0 Å². The molecule has 0 amide bonds. The Kier molecular flexibility index (Phi) is 6.19. The van der Waals surface area contributed by atoms with Gasteiger partial charge in [0.2, 0.25) is 0 Å². The molecule has 0 aliphatic carbocycles. The Balaban J connectivity index is 2.93. The van der Waals surface area contributed by atoms with Crippen LogP contribution in [-0.4, -0.2) is 6.54 Å². The van der Waals surface area contributed by atoms with E-state index in [0.29, 0.717) is 0 Å².